The molecule has 0 saturated carbocycles. The Hall–Kier alpha value is -2.70. The van der Waals surface area contributed by atoms with Gasteiger partial charge in [-0.15, -0.1) is 0 Å². The molecule has 4 nitrogen and oxygen atoms in total. The number of alkyl carbamates (subject to hydrolysis) is 1. The quantitative estimate of drug-likeness (QED) is 0.712. The maximum Gasteiger partial charge on any atom is 0.416 e. The number of benzene rings is 2. The van der Waals surface area contributed by atoms with Crippen LogP contribution in [0.15, 0.2) is 54.6 Å². The van der Waals surface area contributed by atoms with E-state index in [1.54, 1.807) is 6.92 Å². The summed E-state index contributed by atoms with van der Waals surface area (Å²) in [5.41, 5.74) is 0.311. The van der Waals surface area contributed by atoms with Crippen molar-refractivity contribution in [3.63, 3.8) is 0 Å². The summed E-state index contributed by atoms with van der Waals surface area (Å²) in [5, 5.41) is 2.66. The molecule has 7 heteroatoms. The number of rotatable bonds is 8. The lowest BCUT2D eigenvalue weighted by Crippen LogP contribution is -2.32. The lowest BCUT2D eigenvalue weighted by molar-refractivity contribution is -0.137. The Morgan fingerprint density at radius 1 is 1.11 bits per heavy atom. The number of halogens is 3. The number of amides is 1. The predicted octanol–water partition coefficient (Wildman–Crippen LogP) is 4.83. The number of hydrogen-bond acceptors (Lipinski definition) is 3. The smallest absolute Gasteiger partial charge is 0.416 e. The minimum Gasteiger partial charge on any atom is -0.490 e. The summed E-state index contributed by atoms with van der Waals surface area (Å²) in [7, 11) is 0. The summed E-state index contributed by atoms with van der Waals surface area (Å²) in [6.07, 6.45) is -4.42. The molecule has 0 bridgehead atoms. The highest BCUT2D eigenvalue weighted by Gasteiger charge is 2.30. The number of hydrogen-bond donors (Lipinski definition) is 1. The molecule has 2 aromatic carbocycles. The van der Waals surface area contributed by atoms with Crippen molar-refractivity contribution in [2.24, 2.45) is 0 Å². The first-order valence-electron chi connectivity index (χ1n) is 8.67. The van der Waals surface area contributed by atoms with Gasteiger partial charge in [0.15, 0.2) is 0 Å². The Balaban J connectivity index is 1.77. The van der Waals surface area contributed by atoms with E-state index >= 15 is 0 Å². The van der Waals surface area contributed by atoms with Crippen molar-refractivity contribution in [1.82, 2.24) is 5.32 Å². The third-order valence-electron chi connectivity index (χ3n) is 3.85. The van der Waals surface area contributed by atoms with E-state index in [4.69, 9.17) is 9.47 Å². The Morgan fingerprint density at radius 2 is 1.85 bits per heavy atom. The number of ether oxygens (including phenoxy) is 2. The number of nitrogens with one attached hydrogen (secondary N) is 1. The zero-order chi connectivity index (χ0) is 19.7. The molecule has 1 unspecified atom stereocenters. The third-order valence-corrected chi connectivity index (χ3v) is 3.85. The fourth-order valence-electron chi connectivity index (χ4n) is 2.33. The molecule has 0 aliphatic carbocycles. The van der Waals surface area contributed by atoms with Gasteiger partial charge in [-0.05, 0) is 36.6 Å². The second-order valence-corrected chi connectivity index (χ2v) is 5.93. The molecule has 2 rings (SSSR count). The highest BCUT2D eigenvalue weighted by molar-refractivity contribution is 5.67. The van der Waals surface area contributed by atoms with Crippen molar-refractivity contribution in [2.75, 3.05) is 13.2 Å². The molecule has 0 heterocycles. The molecule has 0 aromatic heterocycles. The number of alkyl halides is 3. The van der Waals surface area contributed by atoms with E-state index in [2.05, 4.69) is 5.32 Å². The van der Waals surface area contributed by atoms with Crippen molar-refractivity contribution < 1.29 is 27.4 Å². The molecular formula is C20H22F3NO3. The minimum absolute atomic E-state index is 0.0239. The summed E-state index contributed by atoms with van der Waals surface area (Å²) in [5.74, 6) is 0.0800. The highest BCUT2D eigenvalue weighted by atomic mass is 19.4. The Bertz CT molecular complexity index is 720. The topological polar surface area (TPSA) is 47.6 Å². The van der Waals surface area contributed by atoms with Crippen LogP contribution < -0.4 is 10.1 Å². The fraction of sp³-hybridized carbons (Fsp3) is 0.350. The van der Waals surface area contributed by atoms with Gasteiger partial charge in [-0.25, -0.2) is 4.79 Å². The average Bonchev–Trinajstić information content (AvgIpc) is 2.65. The summed E-state index contributed by atoms with van der Waals surface area (Å²) in [6.45, 7) is 2.20. The van der Waals surface area contributed by atoms with Gasteiger partial charge in [0.1, 0.15) is 18.5 Å². The zero-order valence-corrected chi connectivity index (χ0v) is 15.0. The third kappa shape index (κ3) is 7.21. The van der Waals surface area contributed by atoms with E-state index in [0.29, 0.717) is 19.4 Å². The van der Waals surface area contributed by atoms with Crippen LogP contribution in [0.4, 0.5) is 18.0 Å². The van der Waals surface area contributed by atoms with Crippen molar-refractivity contribution in [1.29, 1.82) is 0 Å². The second kappa shape index (κ2) is 9.85. The molecule has 0 saturated heterocycles. The summed E-state index contributed by atoms with van der Waals surface area (Å²) in [6, 6.07) is 14.3. The summed E-state index contributed by atoms with van der Waals surface area (Å²) in [4.78, 5) is 11.9. The molecule has 0 aliphatic rings. The van der Waals surface area contributed by atoms with Crippen LogP contribution in [0.1, 0.15) is 24.5 Å². The van der Waals surface area contributed by atoms with Gasteiger partial charge in [0.05, 0.1) is 5.56 Å². The first-order valence-corrected chi connectivity index (χ1v) is 8.67. The molecule has 2 aromatic rings. The zero-order valence-electron chi connectivity index (χ0n) is 15.0. The van der Waals surface area contributed by atoms with E-state index < -0.39 is 23.9 Å². The normalized spacial score (nSPS) is 12.3. The van der Waals surface area contributed by atoms with Crippen LogP contribution >= 0.6 is 0 Å². The predicted molar refractivity (Wildman–Crippen MR) is 95.6 cm³/mol. The maximum absolute atomic E-state index is 12.7. The van der Waals surface area contributed by atoms with Crippen molar-refractivity contribution in [3.05, 3.63) is 65.7 Å². The fourth-order valence-corrected chi connectivity index (χ4v) is 2.33. The molecule has 146 valence electrons. The molecule has 0 aliphatic heterocycles. The van der Waals surface area contributed by atoms with Crippen molar-refractivity contribution >= 4 is 6.09 Å². The van der Waals surface area contributed by atoms with Crippen molar-refractivity contribution in [2.45, 2.75) is 32.0 Å². The first kappa shape index (κ1) is 20.6. The van der Waals surface area contributed by atoms with Crippen LogP contribution in [-0.4, -0.2) is 25.3 Å². The SMILES string of the molecule is CCC(COc1cccc(C(F)(F)F)c1)OC(=O)NCCc1ccccc1. The van der Waals surface area contributed by atoms with E-state index in [1.165, 1.54) is 12.1 Å². The molecule has 1 atom stereocenters. The molecule has 0 fully saturated rings. The molecule has 1 N–H and O–H groups in total. The summed E-state index contributed by atoms with van der Waals surface area (Å²) < 4.78 is 48.8. The van der Waals surface area contributed by atoms with Crippen LogP contribution in [-0.2, 0) is 17.3 Å². The van der Waals surface area contributed by atoms with Gasteiger partial charge in [-0.3, -0.25) is 0 Å². The van der Waals surface area contributed by atoms with Crippen LogP contribution in [0.3, 0.4) is 0 Å². The number of carbonyl (C=O) groups is 1. The van der Waals surface area contributed by atoms with Crippen LogP contribution in [0.5, 0.6) is 5.75 Å². The summed E-state index contributed by atoms with van der Waals surface area (Å²) >= 11 is 0. The first-order chi connectivity index (χ1) is 12.9. The Labute approximate surface area is 156 Å². The lowest BCUT2D eigenvalue weighted by atomic mass is 10.1. The van der Waals surface area contributed by atoms with Gasteiger partial charge < -0.3 is 14.8 Å². The maximum atomic E-state index is 12.7. The standard InChI is InChI=1S/C20H22F3NO3/c1-2-17(14-26-18-10-6-9-16(13-18)20(21,22)23)27-19(25)24-12-11-15-7-4-3-5-8-15/h3-10,13,17H,2,11-12,14H2,1H3,(H,24,25). The Morgan fingerprint density at radius 3 is 2.52 bits per heavy atom. The van der Waals surface area contributed by atoms with E-state index in [-0.39, 0.29) is 12.4 Å². The van der Waals surface area contributed by atoms with Crippen LogP contribution in [0, 0.1) is 0 Å². The van der Waals surface area contributed by atoms with Crippen LogP contribution in [0.2, 0.25) is 0 Å². The Kier molecular flexibility index (Phi) is 7.52. The molecule has 1 amide bonds. The molecular weight excluding hydrogens is 359 g/mol. The van der Waals surface area contributed by atoms with Crippen molar-refractivity contribution in [3.8, 4) is 5.75 Å². The number of carbonyl (C=O) groups excluding carboxylic acids is 1. The van der Waals surface area contributed by atoms with Gasteiger partial charge >= 0.3 is 12.3 Å². The highest BCUT2D eigenvalue weighted by Crippen LogP contribution is 2.31. The van der Waals surface area contributed by atoms with Gasteiger partial charge in [0.25, 0.3) is 0 Å². The molecule has 27 heavy (non-hydrogen) atoms. The minimum atomic E-state index is -4.43. The van der Waals surface area contributed by atoms with Gasteiger partial charge in [0, 0.05) is 6.54 Å². The monoisotopic (exact) mass is 381 g/mol. The van der Waals surface area contributed by atoms with E-state index in [0.717, 1.165) is 17.7 Å². The van der Waals surface area contributed by atoms with Gasteiger partial charge in [-0.1, -0.05) is 43.3 Å². The lowest BCUT2D eigenvalue weighted by Gasteiger charge is -2.18. The molecule has 0 radical (unpaired) electrons. The van der Waals surface area contributed by atoms with Gasteiger partial charge in [0.2, 0.25) is 0 Å². The average molecular weight is 381 g/mol. The van der Waals surface area contributed by atoms with E-state index in [1.807, 2.05) is 30.3 Å². The van der Waals surface area contributed by atoms with Crippen LogP contribution in [0.25, 0.3) is 0 Å². The van der Waals surface area contributed by atoms with E-state index in [9.17, 15) is 18.0 Å². The van der Waals surface area contributed by atoms with Gasteiger partial charge in [-0.2, -0.15) is 13.2 Å². The second-order valence-electron chi connectivity index (χ2n) is 5.93. The molecule has 0 spiro atoms. The largest absolute Gasteiger partial charge is 0.490 e.